The van der Waals surface area contributed by atoms with Crippen molar-refractivity contribution in [3.8, 4) is 0 Å². The third-order valence-corrected chi connectivity index (χ3v) is 3.66. The van der Waals surface area contributed by atoms with Crippen LogP contribution >= 0.6 is 0 Å². The van der Waals surface area contributed by atoms with Crippen LogP contribution in [0.4, 0.5) is 0 Å². The predicted molar refractivity (Wildman–Crippen MR) is 101 cm³/mol. The molecule has 0 heterocycles. The third kappa shape index (κ3) is 14.0. The van der Waals surface area contributed by atoms with Gasteiger partial charge < -0.3 is 18.9 Å². The van der Waals surface area contributed by atoms with Gasteiger partial charge in [-0.1, -0.05) is 13.8 Å². The molecule has 0 unspecified atom stereocenters. The van der Waals surface area contributed by atoms with Gasteiger partial charge in [-0.15, -0.1) is 0 Å². The molecule has 0 saturated heterocycles. The second kappa shape index (κ2) is 14.0. The van der Waals surface area contributed by atoms with Crippen LogP contribution in [0.3, 0.4) is 0 Å². The van der Waals surface area contributed by atoms with Crippen molar-refractivity contribution >= 4 is 23.9 Å². The van der Waals surface area contributed by atoms with Crippen molar-refractivity contribution in [2.24, 2.45) is 11.8 Å². The molecule has 162 valence electrons. The first kappa shape index (κ1) is 25.9. The predicted octanol–water partition coefficient (Wildman–Crippen LogP) is 2.81. The Hall–Kier alpha value is -2.12. The number of carbonyl (C=O) groups excluding carboxylic acids is 4. The first-order valence-electron chi connectivity index (χ1n) is 9.71. The molecule has 8 heteroatoms. The highest BCUT2D eigenvalue weighted by atomic mass is 16.6. The largest absolute Gasteiger partial charge is 0.465 e. The summed E-state index contributed by atoms with van der Waals surface area (Å²) in [5.74, 6) is -1.98. The molecule has 0 aliphatic rings. The lowest BCUT2D eigenvalue weighted by Crippen LogP contribution is -2.25. The number of rotatable bonds is 13. The van der Waals surface area contributed by atoms with Gasteiger partial charge in [0.2, 0.25) is 0 Å². The molecule has 0 fully saturated rings. The molecule has 0 aromatic heterocycles. The van der Waals surface area contributed by atoms with Gasteiger partial charge in [0.25, 0.3) is 0 Å². The van der Waals surface area contributed by atoms with Gasteiger partial charge in [-0.05, 0) is 33.6 Å². The van der Waals surface area contributed by atoms with Crippen molar-refractivity contribution in [1.82, 2.24) is 0 Å². The third-order valence-electron chi connectivity index (χ3n) is 3.66. The zero-order chi connectivity index (χ0) is 21.7. The Kier molecular flexibility index (Phi) is 12.9. The quantitative estimate of drug-likeness (QED) is 0.342. The summed E-state index contributed by atoms with van der Waals surface area (Å²) >= 11 is 0. The average Bonchev–Trinajstić information content (AvgIpc) is 2.56. The molecule has 0 amide bonds. The summed E-state index contributed by atoms with van der Waals surface area (Å²) in [4.78, 5) is 46.4. The first-order chi connectivity index (χ1) is 13.0. The van der Waals surface area contributed by atoms with Crippen LogP contribution in [0.5, 0.6) is 0 Å². The summed E-state index contributed by atoms with van der Waals surface area (Å²) in [6, 6.07) is 0. The number of hydrogen-bond donors (Lipinski definition) is 0. The summed E-state index contributed by atoms with van der Waals surface area (Å²) in [6.07, 6.45) is -0.649. The van der Waals surface area contributed by atoms with E-state index in [0.717, 1.165) is 0 Å². The maximum Gasteiger partial charge on any atom is 0.306 e. The zero-order valence-corrected chi connectivity index (χ0v) is 17.8. The van der Waals surface area contributed by atoms with Gasteiger partial charge in [0, 0.05) is 5.92 Å². The highest BCUT2D eigenvalue weighted by molar-refractivity contribution is 5.78. The van der Waals surface area contributed by atoms with Crippen LogP contribution in [-0.4, -0.2) is 49.3 Å². The van der Waals surface area contributed by atoms with Crippen LogP contribution in [0.2, 0.25) is 0 Å². The highest BCUT2D eigenvalue weighted by Crippen LogP contribution is 2.13. The Balaban J connectivity index is 4.18. The fraction of sp³-hybridized carbons (Fsp3) is 0.800. The van der Waals surface area contributed by atoms with Crippen molar-refractivity contribution < 1.29 is 38.1 Å². The van der Waals surface area contributed by atoms with Gasteiger partial charge in [-0.25, -0.2) is 0 Å². The van der Waals surface area contributed by atoms with E-state index in [4.69, 9.17) is 18.9 Å². The molecular weight excluding hydrogens is 368 g/mol. The van der Waals surface area contributed by atoms with Gasteiger partial charge in [-0.3, -0.25) is 19.2 Å². The Labute approximate surface area is 167 Å². The van der Waals surface area contributed by atoms with Crippen molar-refractivity contribution in [1.29, 1.82) is 0 Å². The molecule has 8 nitrogen and oxygen atoms in total. The molecule has 0 N–H and O–H groups in total. The van der Waals surface area contributed by atoms with Crippen LogP contribution in [0.15, 0.2) is 0 Å². The number of ether oxygens (including phenoxy) is 4. The van der Waals surface area contributed by atoms with E-state index in [-0.39, 0.29) is 62.9 Å². The summed E-state index contributed by atoms with van der Waals surface area (Å²) in [5, 5.41) is 0. The molecule has 0 aliphatic carbocycles. The summed E-state index contributed by atoms with van der Waals surface area (Å²) in [5.41, 5.74) is 0. The maximum atomic E-state index is 11.8. The van der Waals surface area contributed by atoms with Gasteiger partial charge in [0.15, 0.2) is 0 Å². The van der Waals surface area contributed by atoms with Crippen molar-refractivity contribution in [3.63, 3.8) is 0 Å². The smallest absolute Gasteiger partial charge is 0.306 e. The van der Waals surface area contributed by atoms with Crippen LogP contribution < -0.4 is 0 Å². The molecule has 0 rings (SSSR count). The topological polar surface area (TPSA) is 105 Å². The molecule has 0 bridgehead atoms. The van der Waals surface area contributed by atoms with E-state index in [1.165, 1.54) is 0 Å². The second-order valence-electron chi connectivity index (χ2n) is 7.45. The molecule has 0 spiro atoms. The monoisotopic (exact) mass is 402 g/mol. The maximum absolute atomic E-state index is 11.8. The Bertz CT molecular complexity index is 468. The van der Waals surface area contributed by atoms with E-state index in [9.17, 15) is 19.2 Å². The fourth-order valence-corrected chi connectivity index (χ4v) is 2.03. The van der Waals surface area contributed by atoms with Gasteiger partial charge in [0.1, 0.15) is 0 Å². The second-order valence-corrected chi connectivity index (χ2v) is 7.45. The zero-order valence-electron chi connectivity index (χ0n) is 17.8. The lowest BCUT2D eigenvalue weighted by atomic mass is 9.98. The number of carbonyl (C=O) groups is 4. The minimum atomic E-state index is -0.505. The Morgan fingerprint density at radius 1 is 0.571 bits per heavy atom. The lowest BCUT2D eigenvalue weighted by Gasteiger charge is -2.20. The molecule has 28 heavy (non-hydrogen) atoms. The first-order valence-corrected chi connectivity index (χ1v) is 9.71. The molecule has 0 aliphatic heterocycles. The Morgan fingerprint density at radius 2 is 0.893 bits per heavy atom. The fourth-order valence-electron chi connectivity index (χ4n) is 2.03. The molecule has 0 aromatic rings. The standard InChI is InChI=1S/C20H34O8/c1-13(2)16(11-25-17(21)7-9-19(23)27-14(3)4)12-26-18(22)8-10-20(24)28-15(5)6/h13-16H,7-12H2,1-6H3. The van der Waals surface area contributed by atoms with E-state index in [0.29, 0.717) is 0 Å². The number of hydrogen-bond acceptors (Lipinski definition) is 8. The van der Waals surface area contributed by atoms with Crippen molar-refractivity contribution in [3.05, 3.63) is 0 Å². The molecule has 0 atom stereocenters. The lowest BCUT2D eigenvalue weighted by molar-refractivity contribution is -0.156. The average molecular weight is 402 g/mol. The normalized spacial score (nSPS) is 11.1. The van der Waals surface area contributed by atoms with E-state index < -0.39 is 23.9 Å². The molecular formula is C20H34O8. The Morgan fingerprint density at radius 3 is 1.18 bits per heavy atom. The minimum Gasteiger partial charge on any atom is -0.465 e. The summed E-state index contributed by atoms with van der Waals surface area (Å²) in [6.45, 7) is 10.9. The van der Waals surface area contributed by atoms with Crippen LogP contribution in [0.1, 0.15) is 67.2 Å². The van der Waals surface area contributed by atoms with E-state index in [1.54, 1.807) is 27.7 Å². The van der Waals surface area contributed by atoms with Crippen LogP contribution in [0.25, 0.3) is 0 Å². The van der Waals surface area contributed by atoms with Gasteiger partial charge >= 0.3 is 23.9 Å². The van der Waals surface area contributed by atoms with E-state index in [1.807, 2.05) is 13.8 Å². The molecule has 0 saturated carbocycles. The molecule has 0 radical (unpaired) electrons. The summed E-state index contributed by atoms with van der Waals surface area (Å²) in [7, 11) is 0. The van der Waals surface area contributed by atoms with Crippen LogP contribution in [-0.2, 0) is 38.1 Å². The highest BCUT2D eigenvalue weighted by Gasteiger charge is 2.20. The minimum absolute atomic E-state index is 0.0369. The van der Waals surface area contributed by atoms with Crippen molar-refractivity contribution in [2.75, 3.05) is 13.2 Å². The SMILES string of the molecule is CC(C)OC(=O)CCC(=O)OCC(COC(=O)CCC(=O)OC(C)C)C(C)C. The molecule has 0 aromatic carbocycles. The van der Waals surface area contributed by atoms with E-state index >= 15 is 0 Å². The van der Waals surface area contributed by atoms with Crippen LogP contribution in [0, 0.1) is 11.8 Å². The van der Waals surface area contributed by atoms with E-state index in [2.05, 4.69) is 0 Å². The summed E-state index contributed by atoms with van der Waals surface area (Å²) < 4.78 is 20.3. The number of esters is 4. The van der Waals surface area contributed by atoms with Crippen molar-refractivity contribution in [2.45, 2.75) is 79.4 Å². The van der Waals surface area contributed by atoms with Gasteiger partial charge in [0.05, 0.1) is 51.1 Å². The van der Waals surface area contributed by atoms with Gasteiger partial charge in [-0.2, -0.15) is 0 Å².